The molecular weight excluding hydrogens is 272 g/mol. The van der Waals surface area contributed by atoms with Gasteiger partial charge in [0.05, 0.1) is 10.5 Å². The molecule has 1 aliphatic rings. The third-order valence-corrected chi connectivity index (χ3v) is 3.40. The Labute approximate surface area is 120 Å². The van der Waals surface area contributed by atoms with Crippen molar-refractivity contribution in [2.24, 2.45) is 0 Å². The number of nitro groups is 1. The molecule has 106 valence electrons. The maximum absolute atomic E-state index is 11.7. The number of hydrogen-bond acceptors (Lipinski definition) is 5. The SMILES string of the molecule is Cc1cc([N+](=O)[O-])ccc1NC1OC(=O)c2ccccc21. The molecule has 6 nitrogen and oxygen atoms in total. The summed E-state index contributed by atoms with van der Waals surface area (Å²) in [5.74, 6) is -0.373. The Bertz CT molecular complexity index is 742. The van der Waals surface area contributed by atoms with Crippen molar-refractivity contribution in [2.75, 3.05) is 5.32 Å². The molecule has 1 N–H and O–H groups in total. The van der Waals surface area contributed by atoms with E-state index in [1.807, 2.05) is 12.1 Å². The second-order valence-electron chi connectivity index (χ2n) is 4.77. The maximum atomic E-state index is 11.7. The number of carbonyl (C=O) groups excluding carboxylic acids is 1. The average molecular weight is 284 g/mol. The Balaban J connectivity index is 1.89. The van der Waals surface area contributed by atoms with Crippen LogP contribution in [0.4, 0.5) is 11.4 Å². The molecule has 0 radical (unpaired) electrons. The van der Waals surface area contributed by atoms with E-state index in [1.165, 1.54) is 12.1 Å². The normalized spacial score (nSPS) is 16.2. The largest absolute Gasteiger partial charge is 0.434 e. The molecule has 0 spiro atoms. The van der Waals surface area contributed by atoms with E-state index < -0.39 is 11.2 Å². The zero-order chi connectivity index (χ0) is 15.0. The molecule has 3 rings (SSSR count). The summed E-state index contributed by atoms with van der Waals surface area (Å²) in [5, 5.41) is 13.8. The number of carbonyl (C=O) groups is 1. The van der Waals surface area contributed by atoms with Gasteiger partial charge in [-0.1, -0.05) is 18.2 Å². The molecule has 0 aromatic heterocycles. The number of benzene rings is 2. The van der Waals surface area contributed by atoms with Crippen LogP contribution in [0.5, 0.6) is 0 Å². The number of ether oxygens (including phenoxy) is 1. The van der Waals surface area contributed by atoms with Gasteiger partial charge < -0.3 is 10.1 Å². The highest BCUT2D eigenvalue weighted by Gasteiger charge is 2.30. The number of fused-ring (bicyclic) bond motifs is 1. The average Bonchev–Trinajstić information content (AvgIpc) is 2.78. The van der Waals surface area contributed by atoms with Crippen LogP contribution in [-0.2, 0) is 4.74 Å². The third-order valence-electron chi connectivity index (χ3n) is 3.40. The van der Waals surface area contributed by atoms with Crippen LogP contribution in [0.25, 0.3) is 0 Å². The molecule has 0 saturated carbocycles. The first-order valence-corrected chi connectivity index (χ1v) is 6.38. The van der Waals surface area contributed by atoms with Crippen LogP contribution in [0.1, 0.15) is 27.7 Å². The molecule has 0 fully saturated rings. The highest BCUT2D eigenvalue weighted by Crippen LogP contribution is 2.32. The summed E-state index contributed by atoms with van der Waals surface area (Å²) in [6.07, 6.45) is -0.575. The molecule has 2 aromatic rings. The van der Waals surface area contributed by atoms with Gasteiger partial charge in [-0.15, -0.1) is 0 Å². The minimum atomic E-state index is -0.575. The van der Waals surface area contributed by atoms with Crippen LogP contribution in [0.3, 0.4) is 0 Å². The van der Waals surface area contributed by atoms with Gasteiger partial charge >= 0.3 is 5.97 Å². The Morgan fingerprint density at radius 1 is 1.24 bits per heavy atom. The third kappa shape index (κ3) is 2.31. The van der Waals surface area contributed by atoms with Crippen molar-refractivity contribution in [3.05, 3.63) is 69.3 Å². The standard InChI is InChI=1S/C15H12N2O4/c1-9-8-10(17(19)20)6-7-13(9)16-14-11-4-2-3-5-12(11)15(18)21-14/h2-8,14,16H,1H3. The quantitative estimate of drug-likeness (QED) is 0.532. The summed E-state index contributed by atoms with van der Waals surface area (Å²) in [5.41, 5.74) is 2.73. The predicted molar refractivity (Wildman–Crippen MR) is 76.1 cm³/mol. The molecule has 0 amide bonds. The molecular formula is C15H12N2O4. The smallest absolute Gasteiger partial charge is 0.340 e. The van der Waals surface area contributed by atoms with Crippen molar-refractivity contribution in [3.63, 3.8) is 0 Å². The molecule has 0 bridgehead atoms. The zero-order valence-electron chi connectivity index (χ0n) is 11.2. The van der Waals surface area contributed by atoms with E-state index in [2.05, 4.69) is 5.32 Å². The monoisotopic (exact) mass is 284 g/mol. The fourth-order valence-electron chi connectivity index (χ4n) is 2.32. The Hall–Kier alpha value is -2.89. The van der Waals surface area contributed by atoms with Gasteiger partial charge in [-0.05, 0) is 24.6 Å². The first-order valence-electron chi connectivity index (χ1n) is 6.38. The number of nitrogens with zero attached hydrogens (tertiary/aromatic N) is 1. The molecule has 0 aliphatic carbocycles. The zero-order valence-corrected chi connectivity index (χ0v) is 11.2. The van der Waals surface area contributed by atoms with E-state index in [0.717, 1.165) is 5.56 Å². The van der Waals surface area contributed by atoms with Crippen LogP contribution in [0, 0.1) is 17.0 Å². The molecule has 1 unspecified atom stereocenters. The minimum Gasteiger partial charge on any atom is -0.434 e. The topological polar surface area (TPSA) is 81.5 Å². The highest BCUT2D eigenvalue weighted by molar-refractivity contribution is 5.94. The van der Waals surface area contributed by atoms with Gasteiger partial charge in [0.1, 0.15) is 0 Å². The van der Waals surface area contributed by atoms with Crippen LogP contribution in [-0.4, -0.2) is 10.9 Å². The van der Waals surface area contributed by atoms with Gasteiger partial charge in [-0.3, -0.25) is 10.1 Å². The van der Waals surface area contributed by atoms with E-state index in [4.69, 9.17) is 4.74 Å². The number of non-ortho nitro benzene ring substituents is 1. The number of nitro benzene ring substituents is 1. The van der Waals surface area contributed by atoms with Gasteiger partial charge in [-0.2, -0.15) is 0 Å². The summed E-state index contributed by atoms with van der Waals surface area (Å²) in [6, 6.07) is 11.6. The van der Waals surface area contributed by atoms with E-state index in [9.17, 15) is 14.9 Å². The number of esters is 1. The Morgan fingerprint density at radius 2 is 2.00 bits per heavy atom. The van der Waals surface area contributed by atoms with Gasteiger partial charge in [0, 0.05) is 23.4 Å². The fraction of sp³-hybridized carbons (Fsp3) is 0.133. The van der Waals surface area contributed by atoms with Gasteiger partial charge in [0.25, 0.3) is 5.69 Å². The molecule has 6 heteroatoms. The summed E-state index contributed by atoms with van der Waals surface area (Å²) >= 11 is 0. The first kappa shape index (κ1) is 13.1. The van der Waals surface area contributed by atoms with Crippen molar-refractivity contribution in [1.29, 1.82) is 0 Å². The van der Waals surface area contributed by atoms with Gasteiger partial charge in [0.2, 0.25) is 6.23 Å². The van der Waals surface area contributed by atoms with Crippen molar-refractivity contribution in [3.8, 4) is 0 Å². The van der Waals surface area contributed by atoms with Crippen molar-refractivity contribution >= 4 is 17.3 Å². The number of rotatable bonds is 3. The molecule has 0 saturated heterocycles. The Morgan fingerprint density at radius 3 is 2.71 bits per heavy atom. The maximum Gasteiger partial charge on any atom is 0.340 e. The van der Waals surface area contributed by atoms with E-state index in [1.54, 1.807) is 25.1 Å². The molecule has 2 aromatic carbocycles. The lowest BCUT2D eigenvalue weighted by atomic mass is 10.1. The lowest BCUT2D eigenvalue weighted by Gasteiger charge is -2.16. The molecule has 1 heterocycles. The van der Waals surface area contributed by atoms with E-state index in [0.29, 0.717) is 16.8 Å². The van der Waals surface area contributed by atoms with E-state index in [-0.39, 0.29) is 11.7 Å². The summed E-state index contributed by atoms with van der Waals surface area (Å²) in [4.78, 5) is 22.0. The lowest BCUT2D eigenvalue weighted by Crippen LogP contribution is -2.11. The second-order valence-corrected chi connectivity index (χ2v) is 4.77. The summed E-state index contributed by atoms with van der Waals surface area (Å²) < 4.78 is 5.28. The fourth-order valence-corrected chi connectivity index (χ4v) is 2.32. The molecule has 1 atom stereocenters. The number of aryl methyl sites for hydroxylation is 1. The van der Waals surface area contributed by atoms with E-state index >= 15 is 0 Å². The van der Waals surface area contributed by atoms with Gasteiger partial charge in [0.15, 0.2) is 0 Å². The van der Waals surface area contributed by atoms with Crippen LogP contribution in [0.15, 0.2) is 42.5 Å². The first-order chi connectivity index (χ1) is 10.1. The summed E-state index contributed by atoms with van der Waals surface area (Å²) in [6.45, 7) is 1.76. The highest BCUT2D eigenvalue weighted by atomic mass is 16.6. The second kappa shape index (κ2) is 4.90. The number of anilines is 1. The summed E-state index contributed by atoms with van der Waals surface area (Å²) in [7, 11) is 0. The number of hydrogen-bond donors (Lipinski definition) is 1. The predicted octanol–water partition coefficient (Wildman–Crippen LogP) is 3.18. The van der Waals surface area contributed by atoms with Crippen LogP contribution in [0.2, 0.25) is 0 Å². The minimum absolute atomic E-state index is 0.0295. The number of nitrogens with one attached hydrogen (secondary N) is 1. The molecule has 1 aliphatic heterocycles. The van der Waals surface area contributed by atoms with Crippen molar-refractivity contribution < 1.29 is 14.5 Å². The Kier molecular flexibility index (Phi) is 3.06. The van der Waals surface area contributed by atoms with Crippen molar-refractivity contribution in [1.82, 2.24) is 0 Å². The van der Waals surface area contributed by atoms with Gasteiger partial charge in [-0.25, -0.2) is 4.79 Å². The lowest BCUT2D eigenvalue weighted by molar-refractivity contribution is -0.384. The van der Waals surface area contributed by atoms with Crippen LogP contribution < -0.4 is 5.32 Å². The molecule has 21 heavy (non-hydrogen) atoms. The number of cyclic esters (lactones) is 1. The van der Waals surface area contributed by atoms with Crippen LogP contribution >= 0.6 is 0 Å². The van der Waals surface area contributed by atoms with Crippen molar-refractivity contribution in [2.45, 2.75) is 13.2 Å².